The van der Waals surface area contributed by atoms with Gasteiger partial charge < -0.3 is 14.6 Å². The Labute approximate surface area is 170 Å². The summed E-state index contributed by atoms with van der Waals surface area (Å²) in [5.74, 6) is 2.81. The van der Waals surface area contributed by atoms with E-state index < -0.39 is 0 Å². The van der Waals surface area contributed by atoms with Crippen molar-refractivity contribution in [3.63, 3.8) is 0 Å². The SMILES string of the molecule is O=C(NCCc1nnc2n1CCCCC2)c1ccc(COc2ccccc2)cc1. The minimum atomic E-state index is -0.0730. The molecule has 2 heterocycles. The third-order valence-corrected chi connectivity index (χ3v) is 5.19. The van der Waals surface area contributed by atoms with Crippen molar-refractivity contribution in [1.82, 2.24) is 20.1 Å². The molecule has 0 radical (unpaired) electrons. The summed E-state index contributed by atoms with van der Waals surface area (Å²) in [5.41, 5.74) is 1.67. The molecular weight excluding hydrogens is 364 g/mol. The van der Waals surface area contributed by atoms with E-state index >= 15 is 0 Å². The minimum Gasteiger partial charge on any atom is -0.489 e. The molecule has 6 nitrogen and oxygen atoms in total. The van der Waals surface area contributed by atoms with E-state index in [0.717, 1.165) is 35.9 Å². The summed E-state index contributed by atoms with van der Waals surface area (Å²) in [5, 5.41) is 11.6. The molecule has 3 aromatic rings. The predicted molar refractivity (Wildman–Crippen MR) is 111 cm³/mol. The zero-order valence-electron chi connectivity index (χ0n) is 16.5. The van der Waals surface area contributed by atoms with Gasteiger partial charge in [0, 0.05) is 31.5 Å². The normalized spacial score (nSPS) is 13.4. The summed E-state index contributed by atoms with van der Waals surface area (Å²) in [6, 6.07) is 17.2. The van der Waals surface area contributed by atoms with Crippen molar-refractivity contribution < 1.29 is 9.53 Å². The van der Waals surface area contributed by atoms with Crippen LogP contribution in [0, 0.1) is 0 Å². The average Bonchev–Trinajstić information content (AvgIpc) is 2.99. The Morgan fingerprint density at radius 1 is 1.00 bits per heavy atom. The Hall–Kier alpha value is -3.15. The van der Waals surface area contributed by atoms with E-state index in [1.165, 1.54) is 19.3 Å². The Kier molecular flexibility index (Phi) is 6.19. The molecule has 0 bridgehead atoms. The molecule has 0 unspecified atom stereocenters. The molecule has 6 heteroatoms. The fourth-order valence-corrected chi connectivity index (χ4v) is 3.56. The minimum absolute atomic E-state index is 0.0730. The third-order valence-electron chi connectivity index (χ3n) is 5.19. The number of carbonyl (C=O) groups is 1. The van der Waals surface area contributed by atoms with Gasteiger partial charge in [0.2, 0.25) is 0 Å². The molecule has 4 rings (SSSR count). The van der Waals surface area contributed by atoms with Crippen molar-refractivity contribution in [2.45, 2.75) is 45.3 Å². The van der Waals surface area contributed by atoms with Crippen molar-refractivity contribution in [3.8, 4) is 5.75 Å². The van der Waals surface area contributed by atoms with E-state index in [2.05, 4.69) is 20.1 Å². The maximum absolute atomic E-state index is 12.4. The molecule has 29 heavy (non-hydrogen) atoms. The van der Waals surface area contributed by atoms with E-state index in [1.54, 1.807) is 0 Å². The highest BCUT2D eigenvalue weighted by Crippen LogP contribution is 2.15. The summed E-state index contributed by atoms with van der Waals surface area (Å²) < 4.78 is 7.96. The summed E-state index contributed by atoms with van der Waals surface area (Å²) >= 11 is 0. The van der Waals surface area contributed by atoms with Gasteiger partial charge in [-0.3, -0.25) is 4.79 Å². The number of amides is 1. The Morgan fingerprint density at radius 2 is 1.83 bits per heavy atom. The summed E-state index contributed by atoms with van der Waals surface area (Å²) in [6.07, 6.45) is 5.29. The molecule has 0 atom stereocenters. The number of hydrogen-bond donors (Lipinski definition) is 1. The zero-order valence-corrected chi connectivity index (χ0v) is 16.5. The molecule has 150 valence electrons. The summed E-state index contributed by atoms with van der Waals surface area (Å²) in [6.45, 7) is 2.01. The van der Waals surface area contributed by atoms with E-state index in [0.29, 0.717) is 25.1 Å². The lowest BCUT2D eigenvalue weighted by Crippen LogP contribution is -2.26. The van der Waals surface area contributed by atoms with Gasteiger partial charge in [-0.1, -0.05) is 36.8 Å². The van der Waals surface area contributed by atoms with Gasteiger partial charge in [0.25, 0.3) is 5.91 Å². The lowest BCUT2D eigenvalue weighted by Gasteiger charge is -2.09. The molecule has 1 N–H and O–H groups in total. The van der Waals surface area contributed by atoms with E-state index in [9.17, 15) is 4.79 Å². The fraction of sp³-hybridized carbons (Fsp3) is 0.348. The highest BCUT2D eigenvalue weighted by atomic mass is 16.5. The molecule has 0 saturated heterocycles. The maximum Gasteiger partial charge on any atom is 0.251 e. The molecule has 0 fully saturated rings. The van der Waals surface area contributed by atoms with Crippen molar-refractivity contribution >= 4 is 5.91 Å². The van der Waals surface area contributed by atoms with E-state index in [-0.39, 0.29) is 5.91 Å². The molecule has 1 aromatic heterocycles. The second-order valence-electron chi connectivity index (χ2n) is 7.30. The number of para-hydroxylation sites is 1. The maximum atomic E-state index is 12.4. The van der Waals surface area contributed by atoms with Crippen LogP contribution in [0.1, 0.15) is 46.8 Å². The molecular formula is C23H26N4O2. The van der Waals surface area contributed by atoms with Gasteiger partial charge in [-0.05, 0) is 42.7 Å². The smallest absolute Gasteiger partial charge is 0.251 e. The first-order chi connectivity index (χ1) is 14.3. The Bertz CT molecular complexity index is 935. The second-order valence-corrected chi connectivity index (χ2v) is 7.30. The van der Waals surface area contributed by atoms with Crippen LogP contribution in [0.25, 0.3) is 0 Å². The van der Waals surface area contributed by atoms with Crippen LogP contribution >= 0.6 is 0 Å². The molecule has 1 aliphatic rings. The first kappa shape index (κ1) is 19.2. The Balaban J connectivity index is 1.26. The monoisotopic (exact) mass is 390 g/mol. The van der Waals surface area contributed by atoms with E-state index in [4.69, 9.17) is 4.74 Å². The molecule has 0 saturated carbocycles. The summed E-state index contributed by atoms with van der Waals surface area (Å²) in [7, 11) is 0. The highest BCUT2D eigenvalue weighted by Gasteiger charge is 2.14. The number of nitrogens with one attached hydrogen (secondary N) is 1. The first-order valence-corrected chi connectivity index (χ1v) is 10.3. The van der Waals surface area contributed by atoms with Crippen molar-refractivity contribution in [3.05, 3.63) is 77.4 Å². The van der Waals surface area contributed by atoms with Crippen molar-refractivity contribution in [2.24, 2.45) is 0 Å². The van der Waals surface area contributed by atoms with Gasteiger partial charge in [0.05, 0.1) is 0 Å². The third kappa shape index (κ3) is 5.02. The van der Waals surface area contributed by atoms with Gasteiger partial charge in [0.1, 0.15) is 24.0 Å². The Morgan fingerprint density at radius 3 is 2.66 bits per heavy atom. The van der Waals surface area contributed by atoms with Gasteiger partial charge >= 0.3 is 0 Å². The molecule has 0 aliphatic carbocycles. The lowest BCUT2D eigenvalue weighted by molar-refractivity contribution is 0.0954. The zero-order chi connectivity index (χ0) is 19.9. The van der Waals surface area contributed by atoms with Crippen LogP contribution in [-0.2, 0) is 26.0 Å². The quantitative estimate of drug-likeness (QED) is 0.670. The molecule has 1 amide bonds. The van der Waals surface area contributed by atoms with Crippen LogP contribution in [-0.4, -0.2) is 27.2 Å². The molecule has 2 aromatic carbocycles. The number of hydrogen-bond acceptors (Lipinski definition) is 4. The second kappa shape index (κ2) is 9.37. The van der Waals surface area contributed by atoms with Crippen LogP contribution in [0.4, 0.5) is 0 Å². The van der Waals surface area contributed by atoms with Crippen LogP contribution in [0.3, 0.4) is 0 Å². The molecule has 0 spiro atoms. The van der Waals surface area contributed by atoms with Gasteiger partial charge in [0.15, 0.2) is 0 Å². The van der Waals surface area contributed by atoms with Crippen LogP contribution < -0.4 is 10.1 Å². The summed E-state index contributed by atoms with van der Waals surface area (Å²) in [4.78, 5) is 12.4. The van der Waals surface area contributed by atoms with Crippen LogP contribution in [0.5, 0.6) is 5.75 Å². The number of aromatic nitrogens is 3. The van der Waals surface area contributed by atoms with Gasteiger partial charge in [-0.2, -0.15) is 0 Å². The largest absolute Gasteiger partial charge is 0.489 e. The van der Waals surface area contributed by atoms with Crippen LogP contribution in [0.15, 0.2) is 54.6 Å². The first-order valence-electron chi connectivity index (χ1n) is 10.3. The lowest BCUT2D eigenvalue weighted by atomic mass is 10.1. The van der Waals surface area contributed by atoms with Crippen LogP contribution in [0.2, 0.25) is 0 Å². The predicted octanol–water partition coefficient (Wildman–Crippen LogP) is 3.56. The number of rotatable bonds is 7. The van der Waals surface area contributed by atoms with Gasteiger partial charge in [-0.15, -0.1) is 10.2 Å². The van der Waals surface area contributed by atoms with Gasteiger partial charge in [-0.25, -0.2) is 0 Å². The molecule has 1 aliphatic heterocycles. The highest BCUT2D eigenvalue weighted by molar-refractivity contribution is 5.94. The average molecular weight is 390 g/mol. The van der Waals surface area contributed by atoms with Crippen molar-refractivity contribution in [2.75, 3.05) is 6.54 Å². The fourth-order valence-electron chi connectivity index (χ4n) is 3.56. The number of benzene rings is 2. The number of nitrogens with zero attached hydrogens (tertiary/aromatic N) is 3. The number of carbonyl (C=O) groups excluding carboxylic acids is 1. The standard InChI is InChI=1S/C23H26N4O2/c28-23(24-15-14-22-26-25-21-9-5-2-6-16-27(21)22)19-12-10-18(11-13-19)17-29-20-7-3-1-4-8-20/h1,3-4,7-8,10-13H,2,5-6,9,14-17H2,(H,24,28). The number of ether oxygens (including phenoxy) is 1. The number of aryl methyl sites for hydroxylation is 1. The topological polar surface area (TPSA) is 69.0 Å². The van der Waals surface area contributed by atoms with E-state index in [1.807, 2.05) is 54.6 Å². The number of fused-ring (bicyclic) bond motifs is 1. The van der Waals surface area contributed by atoms with Crippen molar-refractivity contribution in [1.29, 1.82) is 0 Å².